The molecule has 46 heavy (non-hydrogen) atoms. The fraction of sp³-hybridized carbons (Fsp3) is 0.341. The first kappa shape index (κ1) is 34.7. The highest BCUT2D eigenvalue weighted by molar-refractivity contribution is 7.98. The van der Waals surface area contributed by atoms with E-state index >= 15 is 0 Å². The van der Waals surface area contributed by atoms with Crippen molar-refractivity contribution in [2.45, 2.75) is 71.6 Å². The van der Waals surface area contributed by atoms with Gasteiger partial charge in [-0.25, -0.2) is 0 Å². The lowest BCUT2D eigenvalue weighted by Gasteiger charge is -2.28. The summed E-state index contributed by atoms with van der Waals surface area (Å²) in [6.45, 7) is 12.9. The van der Waals surface area contributed by atoms with E-state index in [0.717, 1.165) is 47.3 Å². The molecule has 0 aliphatic heterocycles. The van der Waals surface area contributed by atoms with E-state index in [2.05, 4.69) is 93.8 Å². The Hall–Kier alpha value is -4.14. The molecule has 1 aliphatic carbocycles. The molecule has 5 heteroatoms. The van der Waals surface area contributed by atoms with Crippen LogP contribution in [0.1, 0.15) is 79.2 Å². The molecule has 1 aromatic heterocycles. The van der Waals surface area contributed by atoms with Crippen LogP contribution >= 0.6 is 11.8 Å². The van der Waals surface area contributed by atoms with Crippen molar-refractivity contribution in [3.63, 3.8) is 0 Å². The molecule has 0 radical (unpaired) electrons. The fourth-order valence-electron chi connectivity index (χ4n) is 6.00. The molecule has 4 nitrogen and oxygen atoms in total. The van der Waals surface area contributed by atoms with Crippen LogP contribution in [0.5, 0.6) is 0 Å². The number of hydrogen-bond donors (Lipinski definition) is 0. The van der Waals surface area contributed by atoms with Crippen molar-refractivity contribution >= 4 is 23.4 Å². The fourth-order valence-corrected chi connectivity index (χ4v) is 6.58. The average molecular weight is 630 g/mol. The Morgan fingerprint density at radius 3 is 2.61 bits per heavy atom. The number of allylic oxidation sites excluding steroid dienone is 7. The number of carbonyl (C=O) groups is 1. The predicted molar refractivity (Wildman–Crippen MR) is 194 cm³/mol. The Kier molecular flexibility index (Phi) is 12.0. The van der Waals surface area contributed by atoms with E-state index in [1.54, 1.807) is 11.8 Å². The van der Waals surface area contributed by atoms with Gasteiger partial charge in [-0.05, 0) is 112 Å². The number of rotatable bonds is 11. The number of aromatic nitrogens is 1. The Morgan fingerprint density at radius 2 is 1.91 bits per heavy atom. The van der Waals surface area contributed by atoms with E-state index in [0.29, 0.717) is 12.1 Å². The lowest BCUT2D eigenvalue weighted by Crippen LogP contribution is -2.33. The summed E-state index contributed by atoms with van der Waals surface area (Å²) in [7, 11) is 0. The first-order chi connectivity index (χ1) is 22.1. The maximum absolute atomic E-state index is 14.3. The molecule has 0 fully saturated rings. The molecule has 2 aromatic carbocycles. The van der Waals surface area contributed by atoms with Crippen molar-refractivity contribution in [3.05, 3.63) is 136 Å². The van der Waals surface area contributed by atoms with Crippen LogP contribution in [0.4, 0.5) is 5.69 Å². The smallest absolute Gasteiger partial charge is 0.258 e. The van der Waals surface area contributed by atoms with Crippen molar-refractivity contribution < 1.29 is 4.79 Å². The van der Waals surface area contributed by atoms with E-state index in [4.69, 9.17) is 4.98 Å². The number of amides is 1. The van der Waals surface area contributed by atoms with Gasteiger partial charge in [0.25, 0.3) is 5.91 Å². The van der Waals surface area contributed by atoms with Gasteiger partial charge in [-0.2, -0.15) is 5.26 Å². The molecule has 1 aliphatic rings. The zero-order valence-electron chi connectivity index (χ0n) is 28.4. The van der Waals surface area contributed by atoms with Crippen LogP contribution in [-0.2, 0) is 6.42 Å². The number of thioether (sulfide) groups is 1. The number of pyridine rings is 1. The zero-order chi connectivity index (χ0) is 33.3. The Bertz CT molecular complexity index is 1700. The van der Waals surface area contributed by atoms with Crippen molar-refractivity contribution in [2.24, 2.45) is 11.3 Å². The average Bonchev–Trinajstić information content (AvgIpc) is 3.03. The van der Waals surface area contributed by atoms with Gasteiger partial charge >= 0.3 is 0 Å². The third-order valence-corrected chi connectivity index (χ3v) is 9.69. The topological polar surface area (TPSA) is 57.0 Å². The first-order valence-corrected chi connectivity index (χ1v) is 17.4. The van der Waals surface area contributed by atoms with Crippen molar-refractivity contribution in [2.75, 3.05) is 17.7 Å². The monoisotopic (exact) mass is 629 g/mol. The molecule has 238 valence electrons. The minimum Gasteiger partial charge on any atom is -0.304 e. The molecule has 2 unspecified atom stereocenters. The van der Waals surface area contributed by atoms with Gasteiger partial charge < -0.3 is 4.90 Å². The molecule has 3 aromatic rings. The van der Waals surface area contributed by atoms with Crippen molar-refractivity contribution in [3.8, 4) is 6.07 Å². The Morgan fingerprint density at radius 1 is 1.13 bits per heavy atom. The van der Waals surface area contributed by atoms with E-state index in [1.165, 1.54) is 16.0 Å². The summed E-state index contributed by atoms with van der Waals surface area (Å²) in [5.41, 5.74) is 7.58. The van der Waals surface area contributed by atoms with Crippen molar-refractivity contribution in [1.29, 1.82) is 5.26 Å². The second kappa shape index (κ2) is 15.9. The van der Waals surface area contributed by atoms with E-state index in [9.17, 15) is 10.1 Å². The molecule has 1 amide bonds. The second-order valence-corrected chi connectivity index (χ2v) is 13.5. The molecule has 0 saturated carbocycles. The molecular weight excluding hydrogens is 583 g/mol. The van der Waals surface area contributed by atoms with Crippen LogP contribution in [0.15, 0.2) is 113 Å². The van der Waals surface area contributed by atoms with Gasteiger partial charge in [0.1, 0.15) is 0 Å². The SMILES string of the molecule is CC/C=C\C/C(=C\C(C)C1C=C/C(C(C)(C)C#N)=C\Cc2cccnc21)CN(C(=O)c1ccccc1C)c1ccc(SC)c(C)c1. The highest BCUT2D eigenvalue weighted by Gasteiger charge is 2.27. The van der Waals surface area contributed by atoms with Crippen LogP contribution in [0.2, 0.25) is 0 Å². The number of benzene rings is 2. The Balaban J connectivity index is 1.80. The van der Waals surface area contributed by atoms with Crippen LogP contribution in [0, 0.1) is 36.5 Å². The molecule has 1 heterocycles. The molecular formula is C41H47N3OS. The van der Waals surface area contributed by atoms with Crippen LogP contribution in [0.25, 0.3) is 0 Å². The summed E-state index contributed by atoms with van der Waals surface area (Å²) in [5, 5.41) is 9.88. The Labute approximate surface area is 280 Å². The molecule has 0 bridgehead atoms. The number of aryl methyl sites for hydroxylation is 2. The maximum Gasteiger partial charge on any atom is 0.258 e. The lowest BCUT2D eigenvalue weighted by atomic mass is 9.79. The third-order valence-electron chi connectivity index (χ3n) is 8.79. The zero-order valence-corrected chi connectivity index (χ0v) is 29.2. The number of carbonyl (C=O) groups excluding carboxylic acids is 1. The van der Waals surface area contributed by atoms with E-state index < -0.39 is 5.41 Å². The standard InChI is InChI=1S/C41H47N3OS/c1-8-9-10-15-32(25-30(3)36-22-20-34(41(5,6)28-42)19-18-33-16-13-24-43-39(33)36)27-44(35-21-23-38(46-7)31(4)26-35)40(45)37-17-12-11-14-29(37)2/h9-14,16-17,19-26,30,36H,8,15,18,27H2,1-7H3/b10-9-,22-20?,32-25+,34-19+. The quantitative estimate of drug-likeness (QED) is 0.156. The minimum atomic E-state index is -0.587. The number of fused-ring (bicyclic) bond motifs is 1. The highest BCUT2D eigenvalue weighted by Crippen LogP contribution is 2.36. The third kappa shape index (κ3) is 8.36. The first-order valence-electron chi connectivity index (χ1n) is 16.2. The molecule has 4 rings (SSSR count). The molecule has 0 spiro atoms. The van der Waals surface area contributed by atoms with Gasteiger partial charge in [0, 0.05) is 34.8 Å². The normalized spacial score (nSPS) is 17.0. The molecule has 0 saturated heterocycles. The van der Waals surface area contributed by atoms with Crippen LogP contribution < -0.4 is 4.90 Å². The van der Waals surface area contributed by atoms with Crippen molar-refractivity contribution in [1.82, 2.24) is 4.98 Å². The van der Waals surface area contributed by atoms with E-state index in [1.807, 2.05) is 62.2 Å². The lowest BCUT2D eigenvalue weighted by molar-refractivity contribution is 0.0988. The summed E-state index contributed by atoms with van der Waals surface area (Å²) in [6, 6.07) is 20.8. The van der Waals surface area contributed by atoms with Gasteiger partial charge in [-0.1, -0.05) is 80.1 Å². The van der Waals surface area contributed by atoms with Gasteiger partial charge in [-0.3, -0.25) is 9.78 Å². The number of anilines is 1. The minimum absolute atomic E-state index is 0.00111. The highest BCUT2D eigenvalue weighted by atomic mass is 32.2. The van der Waals surface area contributed by atoms with E-state index in [-0.39, 0.29) is 17.7 Å². The number of nitrogens with zero attached hydrogens (tertiary/aromatic N) is 3. The van der Waals surface area contributed by atoms with Gasteiger partial charge in [0.05, 0.1) is 17.2 Å². The van der Waals surface area contributed by atoms with Gasteiger partial charge in [0.2, 0.25) is 0 Å². The summed E-state index contributed by atoms with van der Waals surface area (Å²) < 4.78 is 0. The van der Waals surface area contributed by atoms with Crippen LogP contribution in [0.3, 0.4) is 0 Å². The molecule has 2 atom stereocenters. The predicted octanol–water partition coefficient (Wildman–Crippen LogP) is 10.4. The number of nitriles is 1. The summed E-state index contributed by atoms with van der Waals surface area (Å²) in [6.07, 6.45) is 19.6. The largest absolute Gasteiger partial charge is 0.304 e. The summed E-state index contributed by atoms with van der Waals surface area (Å²) in [4.78, 5) is 22.3. The molecule has 0 N–H and O–H groups in total. The number of hydrogen-bond acceptors (Lipinski definition) is 4. The summed E-state index contributed by atoms with van der Waals surface area (Å²) >= 11 is 1.72. The summed E-state index contributed by atoms with van der Waals surface area (Å²) in [5.74, 6) is 0.109. The van der Waals surface area contributed by atoms with Gasteiger partial charge in [-0.15, -0.1) is 11.8 Å². The maximum atomic E-state index is 14.3. The second-order valence-electron chi connectivity index (χ2n) is 12.7. The van der Waals surface area contributed by atoms with Gasteiger partial charge in [0.15, 0.2) is 0 Å². The van der Waals surface area contributed by atoms with Crippen LogP contribution in [-0.4, -0.2) is 23.7 Å².